The van der Waals surface area contributed by atoms with Gasteiger partial charge in [-0.05, 0) is 17.7 Å². The molecule has 0 saturated carbocycles. The molecule has 5 heteroatoms. The van der Waals surface area contributed by atoms with Crippen molar-refractivity contribution >= 4 is 22.1 Å². The van der Waals surface area contributed by atoms with E-state index in [1.54, 1.807) is 14.2 Å². The third-order valence-electron chi connectivity index (χ3n) is 2.11. The molecule has 1 amide bonds. The molecule has 0 aliphatic heterocycles. The number of methoxy groups -OCH3 is 2. The minimum absolute atomic E-state index is 0.0465. The van der Waals surface area contributed by atoms with E-state index in [0.29, 0.717) is 18.0 Å². The van der Waals surface area contributed by atoms with Crippen LogP contribution in [0.25, 0.3) is 0 Å². The summed E-state index contributed by atoms with van der Waals surface area (Å²) in [6.45, 7) is 1.98. The number of hydrogen-bond donors (Lipinski definition) is 0. The quantitative estimate of drug-likeness (QED) is 0.798. The first-order valence-corrected chi connectivity index (χ1v) is 5.44. The number of ether oxygens (including phenoxy) is 2. The molecule has 0 aromatic heterocycles. The lowest BCUT2D eigenvalue weighted by atomic mass is 10.2. The molecule has 0 N–H and O–H groups in total. The molecular formula is C11H14BrNO3. The summed E-state index contributed by atoms with van der Waals surface area (Å²) in [7, 11) is 3.17. The van der Waals surface area contributed by atoms with Crippen molar-refractivity contribution in [2.45, 2.75) is 13.5 Å². The Morgan fingerprint density at radius 2 is 1.94 bits per heavy atom. The molecule has 0 spiro atoms. The minimum Gasteiger partial charge on any atom is -0.493 e. The Balaban J connectivity index is 2.86. The Morgan fingerprint density at radius 1 is 1.31 bits per heavy atom. The largest absolute Gasteiger partial charge is 0.493 e. The highest BCUT2D eigenvalue weighted by molar-refractivity contribution is 9.07. The Hall–Kier alpha value is -1.23. The molecule has 1 rings (SSSR count). The highest BCUT2D eigenvalue weighted by Gasteiger charge is 2.08. The second kappa shape index (κ2) is 5.75. The first kappa shape index (κ1) is 12.8. The molecule has 0 aliphatic carbocycles. The van der Waals surface area contributed by atoms with Crippen molar-refractivity contribution in [3.63, 3.8) is 0 Å². The number of benzene rings is 1. The summed E-state index contributed by atoms with van der Waals surface area (Å²) in [5, 5.41) is 0. The minimum atomic E-state index is -0.0465. The summed E-state index contributed by atoms with van der Waals surface area (Å²) in [6, 6.07) is 5.55. The van der Waals surface area contributed by atoms with Gasteiger partial charge in [-0.1, -0.05) is 6.07 Å². The van der Waals surface area contributed by atoms with Crippen molar-refractivity contribution in [1.82, 2.24) is 3.93 Å². The standard InChI is InChI=1S/C11H14BrNO3/c1-8(14)13(12)7-9-4-5-10(15-2)11(6-9)16-3/h4-6H,7H2,1-3H3. The molecule has 0 bridgehead atoms. The summed E-state index contributed by atoms with van der Waals surface area (Å²) in [5.74, 6) is 1.29. The number of hydrogen-bond acceptors (Lipinski definition) is 3. The van der Waals surface area contributed by atoms with Gasteiger partial charge in [0.25, 0.3) is 0 Å². The van der Waals surface area contributed by atoms with Crippen LogP contribution >= 0.6 is 16.1 Å². The van der Waals surface area contributed by atoms with Gasteiger partial charge in [0.05, 0.1) is 36.9 Å². The Bertz CT molecular complexity index is 381. The lowest BCUT2D eigenvalue weighted by Gasteiger charge is -2.14. The van der Waals surface area contributed by atoms with Gasteiger partial charge in [-0.3, -0.25) is 8.72 Å². The maximum atomic E-state index is 11.0. The molecule has 0 fully saturated rings. The van der Waals surface area contributed by atoms with Gasteiger partial charge >= 0.3 is 0 Å². The third kappa shape index (κ3) is 3.13. The van der Waals surface area contributed by atoms with E-state index in [9.17, 15) is 4.79 Å². The summed E-state index contributed by atoms with van der Waals surface area (Å²) >= 11 is 3.17. The van der Waals surface area contributed by atoms with Crippen LogP contribution in [-0.2, 0) is 11.3 Å². The number of halogens is 1. The maximum Gasteiger partial charge on any atom is 0.229 e. The first-order valence-electron chi connectivity index (χ1n) is 4.73. The van der Waals surface area contributed by atoms with E-state index in [2.05, 4.69) is 16.1 Å². The van der Waals surface area contributed by atoms with Crippen LogP contribution in [0.5, 0.6) is 11.5 Å². The molecular weight excluding hydrogens is 274 g/mol. The van der Waals surface area contributed by atoms with Crippen LogP contribution in [0.3, 0.4) is 0 Å². The Labute approximate surface area is 103 Å². The van der Waals surface area contributed by atoms with E-state index in [4.69, 9.17) is 9.47 Å². The van der Waals surface area contributed by atoms with Crippen LogP contribution in [0.2, 0.25) is 0 Å². The Morgan fingerprint density at radius 3 is 2.44 bits per heavy atom. The van der Waals surface area contributed by atoms with Gasteiger partial charge in [0, 0.05) is 6.92 Å². The molecule has 0 radical (unpaired) electrons. The van der Waals surface area contributed by atoms with Gasteiger partial charge < -0.3 is 9.47 Å². The second-order valence-corrected chi connectivity index (χ2v) is 4.08. The molecule has 0 saturated heterocycles. The van der Waals surface area contributed by atoms with Crippen molar-refractivity contribution in [2.24, 2.45) is 0 Å². The average molecular weight is 288 g/mol. The van der Waals surface area contributed by atoms with Crippen LogP contribution in [-0.4, -0.2) is 24.1 Å². The molecule has 0 unspecified atom stereocenters. The van der Waals surface area contributed by atoms with Crippen LogP contribution in [0.15, 0.2) is 18.2 Å². The summed E-state index contributed by atoms with van der Waals surface area (Å²) < 4.78 is 11.8. The van der Waals surface area contributed by atoms with Crippen LogP contribution in [0, 0.1) is 0 Å². The summed E-state index contributed by atoms with van der Waals surface area (Å²) in [5.41, 5.74) is 0.963. The number of rotatable bonds is 4. The zero-order valence-electron chi connectivity index (χ0n) is 9.49. The zero-order chi connectivity index (χ0) is 12.1. The van der Waals surface area contributed by atoms with Crippen LogP contribution in [0.1, 0.15) is 12.5 Å². The number of amides is 1. The predicted molar refractivity (Wildman–Crippen MR) is 64.7 cm³/mol. The van der Waals surface area contributed by atoms with E-state index in [0.717, 1.165) is 5.56 Å². The van der Waals surface area contributed by atoms with E-state index in [1.807, 2.05) is 18.2 Å². The predicted octanol–water partition coefficient (Wildman–Crippen LogP) is 2.36. The number of nitrogens with zero attached hydrogens (tertiary/aromatic N) is 1. The van der Waals surface area contributed by atoms with Crippen molar-refractivity contribution in [3.05, 3.63) is 23.8 Å². The molecule has 1 aromatic rings. The Kier molecular flexibility index (Phi) is 4.61. The van der Waals surface area contributed by atoms with Gasteiger partial charge in [0.15, 0.2) is 11.5 Å². The highest BCUT2D eigenvalue weighted by Crippen LogP contribution is 2.28. The molecule has 4 nitrogen and oxygen atoms in total. The van der Waals surface area contributed by atoms with E-state index >= 15 is 0 Å². The van der Waals surface area contributed by atoms with E-state index < -0.39 is 0 Å². The van der Waals surface area contributed by atoms with Crippen molar-refractivity contribution in [3.8, 4) is 11.5 Å². The SMILES string of the molecule is COc1ccc(CN(Br)C(C)=O)cc1OC. The molecule has 88 valence electrons. The second-order valence-electron chi connectivity index (χ2n) is 3.23. The summed E-state index contributed by atoms with van der Waals surface area (Å²) in [4.78, 5) is 11.0. The normalized spacial score (nSPS) is 9.75. The first-order chi connectivity index (χ1) is 7.58. The van der Waals surface area contributed by atoms with Gasteiger partial charge in [-0.15, -0.1) is 0 Å². The maximum absolute atomic E-state index is 11.0. The fraction of sp³-hybridized carbons (Fsp3) is 0.364. The monoisotopic (exact) mass is 287 g/mol. The smallest absolute Gasteiger partial charge is 0.229 e. The molecule has 0 heterocycles. The number of carbonyl (C=O) groups is 1. The van der Waals surface area contributed by atoms with Crippen LogP contribution < -0.4 is 9.47 Å². The zero-order valence-corrected chi connectivity index (χ0v) is 11.1. The van der Waals surface area contributed by atoms with Crippen molar-refractivity contribution < 1.29 is 14.3 Å². The average Bonchev–Trinajstić information content (AvgIpc) is 2.28. The lowest BCUT2D eigenvalue weighted by molar-refractivity contribution is -0.123. The van der Waals surface area contributed by atoms with Gasteiger partial charge in [-0.25, -0.2) is 0 Å². The van der Waals surface area contributed by atoms with Gasteiger partial charge in [-0.2, -0.15) is 0 Å². The van der Waals surface area contributed by atoms with E-state index in [-0.39, 0.29) is 5.91 Å². The fourth-order valence-electron chi connectivity index (χ4n) is 1.25. The van der Waals surface area contributed by atoms with E-state index in [1.165, 1.54) is 10.8 Å². The van der Waals surface area contributed by atoms with Crippen molar-refractivity contribution in [2.75, 3.05) is 14.2 Å². The molecule has 0 atom stereocenters. The topological polar surface area (TPSA) is 38.8 Å². The molecule has 1 aromatic carbocycles. The van der Waals surface area contributed by atoms with Gasteiger partial charge in [0.1, 0.15) is 0 Å². The van der Waals surface area contributed by atoms with Crippen LogP contribution in [0.4, 0.5) is 0 Å². The fourth-order valence-corrected chi connectivity index (χ4v) is 1.54. The highest BCUT2D eigenvalue weighted by atomic mass is 79.9. The van der Waals surface area contributed by atoms with Crippen molar-refractivity contribution in [1.29, 1.82) is 0 Å². The third-order valence-corrected chi connectivity index (χ3v) is 2.86. The number of carbonyl (C=O) groups excluding carboxylic acids is 1. The summed E-state index contributed by atoms with van der Waals surface area (Å²) in [6.07, 6.45) is 0. The molecule has 0 aliphatic rings. The van der Waals surface area contributed by atoms with Gasteiger partial charge in [0.2, 0.25) is 5.91 Å². The lowest BCUT2D eigenvalue weighted by Crippen LogP contribution is -2.16. The molecule has 16 heavy (non-hydrogen) atoms.